The third kappa shape index (κ3) is 26.7. The maximum absolute atomic E-state index is 11.8. The highest BCUT2D eigenvalue weighted by atomic mass is 31.2. The van der Waals surface area contributed by atoms with Gasteiger partial charge in [0, 0.05) is 14.2 Å². The first-order valence-electron chi connectivity index (χ1n) is 39.6. The van der Waals surface area contributed by atoms with E-state index in [0.29, 0.717) is 13.2 Å². The van der Waals surface area contributed by atoms with Crippen molar-refractivity contribution in [1.82, 2.24) is 0 Å². The Bertz CT molecular complexity index is 4470. The molecule has 2 aliphatic rings. The Morgan fingerprint density at radius 3 is 1.03 bits per heavy atom. The minimum absolute atomic E-state index is 0.0353. The van der Waals surface area contributed by atoms with Crippen molar-refractivity contribution in [2.24, 2.45) is 0 Å². The van der Waals surface area contributed by atoms with Crippen molar-refractivity contribution < 1.29 is 89.7 Å². The summed E-state index contributed by atoms with van der Waals surface area (Å²) in [5.74, 6) is 0. The zero-order valence-electron chi connectivity index (χ0n) is 65.7. The van der Waals surface area contributed by atoms with Crippen LogP contribution in [0.25, 0.3) is 10.8 Å². The van der Waals surface area contributed by atoms with Crippen molar-refractivity contribution in [2.45, 2.75) is 152 Å². The second kappa shape index (κ2) is 47.1. The van der Waals surface area contributed by atoms with Gasteiger partial charge in [-0.2, -0.15) is 0 Å². The van der Waals surface area contributed by atoms with Crippen LogP contribution in [0.1, 0.15) is 55.6 Å². The average molecular weight is 1590 g/mol. The average Bonchev–Trinajstić information content (AvgIpc) is 1.65. The molecule has 2 heterocycles. The van der Waals surface area contributed by atoms with E-state index in [0.717, 1.165) is 66.4 Å². The zero-order chi connectivity index (χ0) is 79.4. The van der Waals surface area contributed by atoms with Crippen LogP contribution in [0.4, 0.5) is 0 Å². The Kier molecular flexibility index (Phi) is 34.6. The van der Waals surface area contributed by atoms with E-state index in [-0.39, 0.29) is 92.5 Å². The molecular formula is C96H105O19P. The first kappa shape index (κ1) is 85.2. The van der Waals surface area contributed by atoms with Gasteiger partial charge in [0.2, 0.25) is 0 Å². The van der Waals surface area contributed by atoms with E-state index in [1.54, 1.807) is 7.11 Å². The van der Waals surface area contributed by atoms with Crippen LogP contribution < -0.4 is 0 Å². The number of hydrogen-bond donors (Lipinski definition) is 1. The van der Waals surface area contributed by atoms with Crippen molar-refractivity contribution >= 4 is 19.4 Å². The summed E-state index contributed by atoms with van der Waals surface area (Å²) in [6.07, 6.45) is -12.8. The van der Waals surface area contributed by atoms with Gasteiger partial charge in [0.1, 0.15) is 73.2 Å². The molecule has 15 atom stereocenters. The molecule has 0 amide bonds. The smallest absolute Gasteiger partial charge is 0.333 e. The van der Waals surface area contributed by atoms with Crippen LogP contribution in [0.3, 0.4) is 0 Å². The molecule has 116 heavy (non-hydrogen) atoms. The SMILES string of the molecule is COC1C(OCC(OCc2ccccc2)C(OCc2ccccc2)C(COP(OCc2ccccc2)OC2C(COCc3ccccc3)OC(OCC(OCc3ccccc3)C(OCc3ccccc3)C(COCc3ccc4ccccc4c3)OCc3ccccc3)C2OC)OCc2ccccc2)OC(COCc2ccccc2)C1O. The van der Waals surface area contributed by atoms with Crippen LogP contribution in [0.5, 0.6) is 0 Å². The summed E-state index contributed by atoms with van der Waals surface area (Å²) < 4.78 is 124. The molecule has 608 valence electrons. The van der Waals surface area contributed by atoms with Gasteiger partial charge < -0.3 is 89.7 Å². The van der Waals surface area contributed by atoms with E-state index >= 15 is 0 Å². The summed E-state index contributed by atoms with van der Waals surface area (Å²) in [7, 11) is 0.709. The summed E-state index contributed by atoms with van der Waals surface area (Å²) in [5.41, 5.74) is 9.37. The van der Waals surface area contributed by atoms with Crippen LogP contribution in [0, 0.1) is 0 Å². The number of benzene rings is 11. The third-order valence-corrected chi connectivity index (χ3v) is 21.2. The Balaban J connectivity index is 0.815. The molecule has 0 radical (unpaired) electrons. The van der Waals surface area contributed by atoms with E-state index in [9.17, 15) is 5.11 Å². The van der Waals surface area contributed by atoms with E-state index in [1.165, 1.54) is 7.11 Å². The second-order valence-corrected chi connectivity index (χ2v) is 29.7. The molecule has 0 aliphatic carbocycles. The van der Waals surface area contributed by atoms with Gasteiger partial charge in [0.25, 0.3) is 0 Å². The van der Waals surface area contributed by atoms with Gasteiger partial charge in [0.15, 0.2) is 12.6 Å². The second-order valence-electron chi connectivity index (χ2n) is 28.6. The van der Waals surface area contributed by atoms with Gasteiger partial charge in [0.05, 0.1) is 106 Å². The lowest BCUT2D eigenvalue weighted by atomic mass is 10.1. The lowest BCUT2D eigenvalue weighted by molar-refractivity contribution is -0.221. The van der Waals surface area contributed by atoms with Crippen LogP contribution in [0.15, 0.2) is 315 Å². The van der Waals surface area contributed by atoms with E-state index in [2.05, 4.69) is 30.3 Å². The lowest BCUT2D eigenvalue weighted by Gasteiger charge is -2.35. The molecule has 1 N–H and O–H groups in total. The van der Waals surface area contributed by atoms with Gasteiger partial charge >= 0.3 is 8.60 Å². The lowest BCUT2D eigenvalue weighted by Crippen LogP contribution is -2.48. The van der Waals surface area contributed by atoms with E-state index in [1.807, 2.05) is 285 Å². The molecule has 20 heteroatoms. The maximum atomic E-state index is 11.8. The number of aliphatic hydroxyl groups excluding tert-OH is 1. The quantitative estimate of drug-likeness (QED) is 0.0354. The van der Waals surface area contributed by atoms with E-state index in [4.69, 9.17) is 84.6 Å². The summed E-state index contributed by atoms with van der Waals surface area (Å²) in [5, 5.41) is 14.0. The van der Waals surface area contributed by atoms with Gasteiger partial charge in [-0.1, -0.05) is 309 Å². The largest absolute Gasteiger partial charge is 0.387 e. The highest BCUT2D eigenvalue weighted by molar-refractivity contribution is 7.41. The monoisotopic (exact) mass is 1590 g/mol. The Hall–Kier alpha value is -8.65. The molecule has 0 bridgehead atoms. The fourth-order valence-electron chi connectivity index (χ4n) is 13.8. The van der Waals surface area contributed by atoms with Gasteiger partial charge in [-0.3, -0.25) is 0 Å². The molecular weight excluding hydrogens is 1490 g/mol. The molecule has 0 aromatic heterocycles. The molecule has 19 nitrogen and oxygen atoms in total. The minimum atomic E-state index is -2.41. The number of fused-ring (bicyclic) bond motifs is 1. The Morgan fingerprint density at radius 1 is 0.293 bits per heavy atom. The number of ether oxygens (including phenoxy) is 15. The molecule has 11 aromatic rings. The minimum Gasteiger partial charge on any atom is -0.387 e. The molecule has 0 saturated carbocycles. The summed E-state index contributed by atoms with van der Waals surface area (Å²) >= 11 is 0. The standard InChI is InChI=1S/C96H105O19P/c1-98-93-89(97)83(65-100-55-71-32-12-3-13-33-71)113-95(93)109-68-86(105-60-75-40-20-7-21-41-75)91(108-63-78-46-26-10-27-47-78)87(106-61-76-42-22-8-23-43-76)70-112-116(111-64-79-48-28-11-29-49-79)115-92-88(67-101-56-72-34-14-4-15-35-72)114-96(94(92)99-2)110-69-85(104-59-74-38-18-6-19-39-74)90(107-62-77-44-24-9-25-45-77)84(103-58-73-36-16-5-17-37-73)66-102-57-80-52-53-81-50-30-31-51-82(81)54-80/h3-54,83-97H,55-70H2,1-2H3. The van der Waals surface area contributed by atoms with Crippen molar-refractivity contribution in [2.75, 3.05) is 53.9 Å². The number of aliphatic hydroxyl groups is 1. The van der Waals surface area contributed by atoms with Crippen LogP contribution in [-0.2, 0) is 151 Å². The predicted octanol–water partition coefficient (Wildman–Crippen LogP) is 17.0. The van der Waals surface area contributed by atoms with E-state index < -0.39 is 94.4 Å². The van der Waals surface area contributed by atoms with Crippen molar-refractivity contribution in [1.29, 1.82) is 0 Å². The summed E-state index contributed by atoms with van der Waals surface area (Å²) in [6.45, 7) is 1.94. The third-order valence-electron chi connectivity index (χ3n) is 20.1. The molecule has 0 spiro atoms. The van der Waals surface area contributed by atoms with Gasteiger partial charge in [-0.25, -0.2) is 0 Å². The van der Waals surface area contributed by atoms with Crippen molar-refractivity contribution in [3.05, 3.63) is 371 Å². The maximum Gasteiger partial charge on any atom is 0.333 e. The molecule has 11 aromatic carbocycles. The Morgan fingerprint density at radius 2 is 0.621 bits per heavy atom. The first-order chi connectivity index (χ1) is 57.3. The van der Waals surface area contributed by atoms with Gasteiger partial charge in [-0.15, -0.1) is 0 Å². The number of hydrogen-bond acceptors (Lipinski definition) is 19. The van der Waals surface area contributed by atoms with Gasteiger partial charge in [-0.05, 0) is 72.5 Å². The number of methoxy groups -OCH3 is 2. The van der Waals surface area contributed by atoms with Crippen LogP contribution in [0.2, 0.25) is 0 Å². The van der Waals surface area contributed by atoms with Crippen LogP contribution >= 0.6 is 8.60 Å². The van der Waals surface area contributed by atoms with Crippen molar-refractivity contribution in [3.8, 4) is 0 Å². The Labute approximate surface area is 682 Å². The molecule has 2 fully saturated rings. The predicted molar refractivity (Wildman–Crippen MR) is 442 cm³/mol. The molecule has 2 saturated heterocycles. The highest BCUT2D eigenvalue weighted by Crippen LogP contribution is 2.47. The zero-order valence-corrected chi connectivity index (χ0v) is 66.6. The normalized spacial score (nSPS) is 20.0. The summed E-state index contributed by atoms with van der Waals surface area (Å²) in [6, 6.07) is 104. The fourth-order valence-corrected chi connectivity index (χ4v) is 15.0. The highest BCUT2D eigenvalue weighted by Gasteiger charge is 2.50. The number of rotatable bonds is 50. The molecule has 13 rings (SSSR count). The fraction of sp³-hybridized carbons (Fsp3) is 0.333. The van der Waals surface area contributed by atoms with Crippen molar-refractivity contribution in [3.63, 3.8) is 0 Å². The molecule has 2 aliphatic heterocycles. The van der Waals surface area contributed by atoms with Crippen LogP contribution in [-0.4, -0.2) is 145 Å². The molecule has 15 unspecified atom stereocenters. The topological polar surface area (TPSA) is 186 Å². The first-order valence-corrected chi connectivity index (χ1v) is 40.7. The summed E-state index contributed by atoms with van der Waals surface area (Å²) in [4.78, 5) is 0.